The fraction of sp³-hybridized carbons (Fsp3) is 0.385. The molecule has 2 aromatic heterocycles. The third-order valence-electron chi connectivity index (χ3n) is 5.20. The van der Waals surface area contributed by atoms with Crippen LogP contribution in [0, 0.1) is 6.92 Å². The average molecular weight is 437 g/mol. The fourth-order valence-electron chi connectivity index (χ4n) is 3.31. The van der Waals surface area contributed by atoms with Gasteiger partial charge in [-0.3, -0.25) is 9.78 Å². The molecule has 5 heteroatoms. The van der Waals surface area contributed by atoms with Crippen LogP contribution >= 0.6 is 11.8 Å². The van der Waals surface area contributed by atoms with Gasteiger partial charge in [-0.1, -0.05) is 57.7 Å². The largest absolute Gasteiger partial charge is 0.444 e. The Bertz CT molecular complexity index is 1010. The highest BCUT2D eigenvalue weighted by Crippen LogP contribution is 2.35. The summed E-state index contributed by atoms with van der Waals surface area (Å²) >= 11 is 1.57. The summed E-state index contributed by atoms with van der Waals surface area (Å²) in [6.45, 7) is 12.1. The SMILES string of the molecule is CCCN(CCc1ccccn1)C(=O)c1ccc(Sc2cc(C(C)(C)C)ccc2C)o1. The highest BCUT2D eigenvalue weighted by molar-refractivity contribution is 7.99. The lowest BCUT2D eigenvalue weighted by atomic mass is 9.87. The Hall–Kier alpha value is -2.53. The predicted octanol–water partition coefficient (Wildman–Crippen LogP) is 6.53. The van der Waals surface area contributed by atoms with Gasteiger partial charge in [-0.15, -0.1) is 0 Å². The zero-order valence-electron chi connectivity index (χ0n) is 19.1. The quantitative estimate of drug-likeness (QED) is 0.403. The second-order valence-electron chi connectivity index (χ2n) is 8.81. The molecule has 0 aliphatic rings. The average Bonchev–Trinajstić information content (AvgIpc) is 3.20. The number of aromatic nitrogens is 1. The Kier molecular flexibility index (Phi) is 7.60. The van der Waals surface area contributed by atoms with E-state index in [-0.39, 0.29) is 11.3 Å². The first-order valence-corrected chi connectivity index (χ1v) is 11.7. The number of pyridine rings is 1. The Morgan fingerprint density at radius 2 is 1.90 bits per heavy atom. The minimum absolute atomic E-state index is 0.0650. The Morgan fingerprint density at radius 3 is 2.58 bits per heavy atom. The van der Waals surface area contributed by atoms with E-state index in [9.17, 15) is 4.79 Å². The zero-order valence-corrected chi connectivity index (χ0v) is 20.0. The number of amides is 1. The van der Waals surface area contributed by atoms with E-state index in [1.165, 1.54) is 11.1 Å². The van der Waals surface area contributed by atoms with Gasteiger partial charge >= 0.3 is 0 Å². The maximum absolute atomic E-state index is 13.1. The topological polar surface area (TPSA) is 46.3 Å². The molecule has 0 atom stereocenters. The van der Waals surface area contributed by atoms with Gasteiger partial charge in [0.2, 0.25) is 0 Å². The second kappa shape index (κ2) is 10.2. The first kappa shape index (κ1) is 23.1. The van der Waals surface area contributed by atoms with Crippen molar-refractivity contribution in [3.05, 3.63) is 77.3 Å². The minimum atomic E-state index is -0.0650. The summed E-state index contributed by atoms with van der Waals surface area (Å²) in [4.78, 5) is 20.4. The molecule has 1 amide bonds. The van der Waals surface area contributed by atoms with Crippen LogP contribution in [0.1, 0.15) is 61.5 Å². The first-order chi connectivity index (χ1) is 14.8. The van der Waals surface area contributed by atoms with Crippen LogP contribution in [-0.2, 0) is 11.8 Å². The van der Waals surface area contributed by atoms with Crippen molar-refractivity contribution in [2.75, 3.05) is 13.1 Å². The van der Waals surface area contributed by atoms with Gasteiger partial charge in [-0.2, -0.15) is 0 Å². The van der Waals surface area contributed by atoms with E-state index < -0.39 is 0 Å². The highest BCUT2D eigenvalue weighted by Gasteiger charge is 2.20. The summed E-state index contributed by atoms with van der Waals surface area (Å²) in [6, 6.07) is 16.1. The molecule has 0 bridgehead atoms. The van der Waals surface area contributed by atoms with E-state index >= 15 is 0 Å². The van der Waals surface area contributed by atoms with Crippen LogP contribution in [0.4, 0.5) is 0 Å². The molecule has 0 fully saturated rings. The summed E-state index contributed by atoms with van der Waals surface area (Å²) in [5, 5.41) is 0.735. The van der Waals surface area contributed by atoms with Crippen LogP contribution in [0.3, 0.4) is 0 Å². The van der Waals surface area contributed by atoms with Crippen molar-refractivity contribution in [1.82, 2.24) is 9.88 Å². The molecule has 164 valence electrons. The molecule has 31 heavy (non-hydrogen) atoms. The van der Waals surface area contributed by atoms with E-state index in [4.69, 9.17) is 4.42 Å². The number of benzene rings is 1. The number of hydrogen-bond acceptors (Lipinski definition) is 4. The molecule has 0 radical (unpaired) electrons. The molecule has 0 spiro atoms. The molecule has 4 nitrogen and oxygen atoms in total. The lowest BCUT2D eigenvalue weighted by molar-refractivity contribution is 0.0719. The van der Waals surface area contributed by atoms with Gasteiger partial charge < -0.3 is 9.32 Å². The summed E-state index contributed by atoms with van der Waals surface area (Å²) in [5.74, 6) is 0.325. The maximum Gasteiger partial charge on any atom is 0.289 e. The molecule has 0 unspecified atom stereocenters. The Labute approximate surface area is 190 Å². The van der Waals surface area contributed by atoms with Crippen LogP contribution < -0.4 is 0 Å². The smallest absolute Gasteiger partial charge is 0.289 e. The normalized spacial score (nSPS) is 11.5. The van der Waals surface area contributed by atoms with Crippen LogP contribution in [0.2, 0.25) is 0 Å². The first-order valence-electron chi connectivity index (χ1n) is 10.9. The van der Waals surface area contributed by atoms with Crippen molar-refractivity contribution in [3.63, 3.8) is 0 Å². The standard InChI is InChI=1S/C26H32N2O2S/c1-6-16-28(17-14-21-9-7-8-15-27-21)25(29)22-12-13-24(30-22)31-23-18-20(26(3,4)5)11-10-19(23)2/h7-13,15,18H,6,14,16-17H2,1-5H3. The van der Waals surface area contributed by atoms with Crippen molar-refractivity contribution >= 4 is 17.7 Å². The van der Waals surface area contributed by atoms with E-state index in [1.54, 1.807) is 24.0 Å². The monoisotopic (exact) mass is 436 g/mol. The van der Waals surface area contributed by atoms with Gasteiger partial charge in [0.15, 0.2) is 10.9 Å². The number of carbonyl (C=O) groups excluding carboxylic acids is 1. The summed E-state index contributed by atoms with van der Waals surface area (Å²) in [6.07, 6.45) is 3.41. The van der Waals surface area contributed by atoms with E-state index in [0.717, 1.165) is 28.5 Å². The van der Waals surface area contributed by atoms with Crippen molar-refractivity contribution in [1.29, 1.82) is 0 Å². The van der Waals surface area contributed by atoms with Crippen molar-refractivity contribution in [3.8, 4) is 0 Å². The molecule has 0 saturated heterocycles. The number of furan rings is 1. The van der Waals surface area contributed by atoms with Crippen LogP contribution in [0.5, 0.6) is 0 Å². The van der Waals surface area contributed by atoms with E-state index in [0.29, 0.717) is 18.8 Å². The summed E-state index contributed by atoms with van der Waals surface area (Å²) in [5.41, 5.74) is 3.56. The Morgan fingerprint density at radius 1 is 1.10 bits per heavy atom. The van der Waals surface area contributed by atoms with Gasteiger partial charge in [0.25, 0.3) is 5.91 Å². The number of hydrogen-bond donors (Lipinski definition) is 0. The van der Waals surface area contributed by atoms with Crippen LogP contribution in [0.25, 0.3) is 0 Å². The van der Waals surface area contributed by atoms with Gasteiger partial charge in [-0.25, -0.2) is 0 Å². The molecule has 0 N–H and O–H groups in total. The molecule has 3 rings (SSSR count). The molecule has 1 aromatic carbocycles. The molecule has 0 aliphatic heterocycles. The van der Waals surface area contributed by atoms with Gasteiger partial charge in [0.1, 0.15) is 0 Å². The molecular weight excluding hydrogens is 404 g/mol. The van der Waals surface area contributed by atoms with E-state index in [1.807, 2.05) is 29.2 Å². The molecule has 0 saturated carbocycles. The molecule has 0 aliphatic carbocycles. The number of nitrogens with zero attached hydrogens (tertiary/aromatic N) is 2. The minimum Gasteiger partial charge on any atom is -0.444 e. The summed E-state index contributed by atoms with van der Waals surface area (Å²) < 4.78 is 5.97. The zero-order chi connectivity index (χ0) is 22.4. The number of carbonyl (C=O) groups is 1. The highest BCUT2D eigenvalue weighted by atomic mass is 32.2. The predicted molar refractivity (Wildman–Crippen MR) is 127 cm³/mol. The third kappa shape index (κ3) is 6.23. The molecular formula is C26H32N2O2S. The van der Waals surface area contributed by atoms with Crippen LogP contribution in [0.15, 0.2) is 69.1 Å². The molecule has 3 aromatic rings. The second-order valence-corrected chi connectivity index (χ2v) is 9.86. The number of aryl methyl sites for hydroxylation is 1. The Balaban J connectivity index is 1.72. The maximum atomic E-state index is 13.1. The van der Waals surface area contributed by atoms with Crippen molar-refractivity contribution < 1.29 is 9.21 Å². The van der Waals surface area contributed by atoms with Crippen LogP contribution in [-0.4, -0.2) is 28.9 Å². The van der Waals surface area contributed by atoms with Crippen molar-refractivity contribution in [2.45, 2.75) is 62.9 Å². The van der Waals surface area contributed by atoms with Crippen molar-refractivity contribution in [2.24, 2.45) is 0 Å². The summed E-state index contributed by atoms with van der Waals surface area (Å²) in [7, 11) is 0. The fourth-order valence-corrected chi connectivity index (χ4v) is 4.21. The lowest BCUT2D eigenvalue weighted by Gasteiger charge is -2.21. The lowest BCUT2D eigenvalue weighted by Crippen LogP contribution is -2.33. The van der Waals surface area contributed by atoms with Gasteiger partial charge in [-0.05, 0) is 60.2 Å². The third-order valence-corrected chi connectivity index (χ3v) is 6.28. The molecule has 2 heterocycles. The van der Waals surface area contributed by atoms with Gasteiger partial charge in [0, 0.05) is 36.3 Å². The van der Waals surface area contributed by atoms with Gasteiger partial charge in [0.05, 0.1) is 0 Å². The number of rotatable bonds is 8. The van der Waals surface area contributed by atoms with E-state index in [2.05, 4.69) is 57.8 Å².